The lowest BCUT2D eigenvalue weighted by Gasteiger charge is -2.24. The van der Waals surface area contributed by atoms with E-state index < -0.39 is 0 Å². The van der Waals surface area contributed by atoms with Crippen LogP contribution in [-0.2, 0) is 4.74 Å². The van der Waals surface area contributed by atoms with Crippen molar-refractivity contribution in [2.24, 2.45) is 11.3 Å². The fraction of sp³-hybridized carbons (Fsp3) is 0.667. The number of benzene rings is 1. The molecule has 2 nitrogen and oxygen atoms in total. The van der Waals surface area contributed by atoms with E-state index in [-0.39, 0.29) is 0 Å². The molecule has 1 fully saturated rings. The van der Waals surface area contributed by atoms with E-state index in [4.69, 9.17) is 4.74 Å². The lowest BCUT2D eigenvalue weighted by Crippen LogP contribution is -2.30. The maximum absolute atomic E-state index is 5.22. The zero-order valence-corrected chi connectivity index (χ0v) is 13.2. The van der Waals surface area contributed by atoms with Crippen LogP contribution in [0.5, 0.6) is 0 Å². The topological polar surface area (TPSA) is 21.3 Å². The zero-order chi connectivity index (χ0) is 14.4. The molecule has 0 radical (unpaired) electrons. The Morgan fingerprint density at radius 3 is 2.45 bits per heavy atom. The molecule has 0 aromatic heterocycles. The fourth-order valence-corrected chi connectivity index (χ4v) is 2.94. The van der Waals surface area contributed by atoms with Gasteiger partial charge in [-0.25, -0.2) is 0 Å². The van der Waals surface area contributed by atoms with Crippen molar-refractivity contribution in [3.05, 3.63) is 35.9 Å². The van der Waals surface area contributed by atoms with Crippen molar-refractivity contribution < 1.29 is 4.74 Å². The van der Waals surface area contributed by atoms with Gasteiger partial charge in [-0.2, -0.15) is 0 Å². The first kappa shape index (κ1) is 15.5. The minimum absolute atomic E-state index is 0.536. The molecule has 20 heavy (non-hydrogen) atoms. The van der Waals surface area contributed by atoms with E-state index >= 15 is 0 Å². The van der Waals surface area contributed by atoms with Crippen LogP contribution in [0.4, 0.5) is 0 Å². The van der Waals surface area contributed by atoms with Crippen LogP contribution in [0.25, 0.3) is 0 Å². The average molecular weight is 275 g/mol. The van der Waals surface area contributed by atoms with Gasteiger partial charge in [0.15, 0.2) is 0 Å². The van der Waals surface area contributed by atoms with Crippen LogP contribution in [0.2, 0.25) is 0 Å². The largest absolute Gasteiger partial charge is 0.385 e. The highest BCUT2D eigenvalue weighted by molar-refractivity contribution is 5.20. The molecule has 0 spiro atoms. The van der Waals surface area contributed by atoms with Crippen LogP contribution in [-0.4, -0.2) is 26.8 Å². The number of methoxy groups -OCH3 is 1. The van der Waals surface area contributed by atoms with Gasteiger partial charge in [0.1, 0.15) is 0 Å². The summed E-state index contributed by atoms with van der Waals surface area (Å²) in [5.41, 5.74) is 1.99. The molecule has 1 aliphatic rings. The Morgan fingerprint density at radius 2 is 1.90 bits per heavy atom. The molecule has 2 rings (SSSR count). The molecular formula is C18H29NO. The maximum Gasteiger partial charge on any atom is 0.0468 e. The summed E-state index contributed by atoms with van der Waals surface area (Å²) in [7, 11) is 1.80. The molecule has 2 heteroatoms. The Kier molecular flexibility index (Phi) is 5.62. The van der Waals surface area contributed by atoms with Gasteiger partial charge < -0.3 is 10.1 Å². The summed E-state index contributed by atoms with van der Waals surface area (Å²) in [6.07, 6.45) is 3.93. The van der Waals surface area contributed by atoms with Gasteiger partial charge in [0.25, 0.3) is 0 Å². The fourth-order valence-electron chi connectivity index (χ4n) is 2.94. The molecule has 0 bridgehead atoms. The maximum atomic E-state index is 5.22. The summed E-state index contributed by atoms with van der Waals surface area (Å²) in [6, 6.07) is 10.9. The number of rotatable bonds is 9. The van der Waals surface area contributed by atoms with Crippen LogP contribution in [0.3, 0.4) is 0 Å². The van der Waals surface area contributed by atoms with Gasteiger partial charge in [0.05, 0.1) is 0 Å². The highest BCUT2D eigenvalue weighted by Crippen LogP contribution is 2.48. The summed E-state index contributed by atoms with van der Waals surface area (Å²) in [5, 5.41) is 3.72. The first-order valence-corrected chi connectivity index (χ1v) is 7.91. The van der Waals surface area contributed by atoms with E-state index in [0.29, 0.717) is 17.3 Å². The summed E-state index contributed by atoms with van der Waals surface area (Å²) >= 11 is 0. The normalized spacial score (nSPS) is 18.2. The van der Waals surface area contributed by atoms with E-state index in [1.807, 2.05) is 0 Å². The summed E-state index contributed by atoms with van der Waals surface area (Å²) < 4.78 is 5.22. The van der Waals surface area contributed by atoms with E-state index in [0.717, 1.165) is 19.7 Å². The standard InChI is InChI=1S/C18H29NO/c1-15(2)17(16-7-5-4-6-8-16)13-19-14-18(9-10-18)11-12-20-3/h4-8,15,17,19H,9-14H2,1-3H3. The second kappa shape index (κ2) is 7.24. The zero-order valence-electron chi connectivity index (χ0n) is 13.2. The van der Waals surface area contributed by atoms with E-state index in [1.54, 1.807) is 7.11 Å². The molecule has 0 heterocycles. The predicted octanol–water partition coefficient (Wildman–Crippen LogP) is 3.83. The molecule has 1 saturated carbocycles. The Hall–Kier alpha value is -0.860. The van der Waals surface area contributed by atoms with Gasteiger partial charge in [0, 0.05) is 26.8 Å². The van der Waals surface area contributed by atoms with Crippen molar-refractivity contribution in [3.63, 3.8) is 0 Å². The highest BCUT2D eigenvalue weighted by atomic mass is 16.5. The molecule has 1 atom stereocenters. The van der Waals surface area contributed by atoms with Crippen LogP contribution in [0.1, 0.15) is 44.6 Å². The van der Waals surface area contributed by atoms with Crippen molar-refractivity contribution >= 4 is 0 Å². The first-order valence-electron chi connectivity index (χ1n) is 7.91. The number of nitrogens with one attached hydrogen (secondary N) is 1. The second-order valence-corrected chi connectivity index (χ2v) is 6.63. The molecule has 1 aliphatic carbocycles. The summed E-state index contributed by atoms with van der Waals surface area (Å²) in [5.74, 6) is 1.27. The highest BCUT2D eigenvalue weighted by Gasteiger charge is 2.41. The molecular weight excluding hydrogens is 246 g/mol. The van der Waals surface area contributed by atoms with Crippen molar-refractivity contribution in [2.75, 3.05) is 26.8 Å². The number of hydrogen-bond donors (Lipinski definition) is 1. The van der Waals surface area contributed by atoms with Gasteiger partial charge in [-0.05, 0) is 42.1 Å². The van der Waals surface area contributed by atoms with Gasteiger partial charge >= 0.3 is 0 Å². The molecule has 1 aromatic carbocycles. The lowest BCUT2D eigenvalue weighted by atomic mass is 9.88. The number of ether oxygens (including phenoxy) is 1. The summed E-state index contributed by atoms with van der Waals surface area (Å²) in [6.45, 7) is 7.76. The van der Waals surface area contributed by atoms with Crippen molar-refractivity contribution in [1.29, 1.82) is 0 Å². The van der Waals surface area contributed by atoms with Crippen molar-refractivity contribution in [3.8, 4) is 0 Å². The van der Waals surface area contributed by atoms with E-state index in [9.17, 15) is 0 Å². The van der Waals surface area contributed by atoms with Crippen LogP contribution >= 0.6 is 0 Å². The van der Waals surface area contributed by atoms with Gasteiger partial charge in [0.2, 0.25) is 0 Å². The van der Waals surface area contributed by atoms with Gasteiger partial charge in [-0.15, -0.1) is 0 Å². The van der Waals surface area contributed by atoms with Crippen LogP contribution in [0, 0.1) is 11.3 Å². The predicted molar refractivity (Wildman–Crippen MR) is 85.1 cm³/mol. The molecule has 1 aromatic rings. The molecule has 1 N–H and O–H groups in total. The average Bonchev–Trinajstić information content (AvgIpc) is 3.22. The molecule has 0 aliphatic heterocycles. The van der Waals surface area contributed by atoms with Crippen LogP contribution < -0.4 is 5.32 Å². The Morgan fingerprint density at radius 1 is 1.20 bits per heavy atom. The lowest BCUT2D eigenvalue weighted by molar-refractivity contribution is 0.171. The molecule has 112 valence electrons. The van der Waals surface area contributed by atoms with Crippen LogP contribution in [0.15, 0.2) is 30.3 Å². The third-order valence-electron chi connectivity index (χ3n) is 4.69. The van der Waals surface area contributed by atoms with Gasteiger partial charge in [-0.3, -0.25) is 0 Å². The van der Waals surface area contributed by atoms with E-state index in [2.05, 4.69) is 49.5 Å². The minimum atomic E-state index is 0.536. The Balaban J connectivity index is 1.82. The first-order chi connectivity index (χ1) is 9.67. The molecule has 1 unspecified atom stereocenters. The Labute approximate surface area is 123 Å². The molecule has 0 saturated heterocycles. The third-order valence-corrected chi connectivity index (χ3v) is 4.69. The van der Waals surface area contributed by atoms with E-state index in [1.165, 1.54) is 24.8 Å². The van der Waals surface area contributed by atoms with Gasteiger partial charge in [-0.1, -0.05) is 44.2 Å². The molecule has 0 amide bonds. The number of hydrogen-bond acceptors (Lipinski definition) is 2. The quantitative estimate of drug-likeness (QED) is 0.739. The monoisotopic (exact) mass is 275 g/mol. The SMILES string of the molecule is COCCC1(CNCC(c2ccccc2)C(C)C)CC1. The van der Waals surface area contributed by atoms with Crippen molar-refractivity contribution in [2.45, 2.75) is 39.0 Å². The second-order valence-electron chi connectivity index (χ2n) is 6.63. The Bertz CT molecular complexity index is 384. The smallest absolute Gasteiger partial charge is 0.0468 e. The van der Waals surface area contributed by atoms with Crippen molar-refractivity contribution in [1.82, 2.24) is 5.32 Å². The minimum Gasteiger partial charge on any atom is -0.385 e. The third kappa shape index (κ3) is 4.32. The summed E-state index contributed by atoms with van der Waals surface area (Å²) in [4.78, 5) is 0.